The second-order valence-corrected chi connectivity index (χ2v) is 5.22. The first-order valence-electron chi connectivity index (χ1n) is 6.48. The van der Waals surface area contributed by atoms with Gasteiger partial charge in [-0.15, -0.1) is 0 Å². The number of thiol groups is 1. The van der Waals surface area contributed by atoms with E-state index in [0.29, 0.717) is 17.7 Å². The molecule has 0 aliphatic heterocycles. The predicted molar refractivity (Wildman–Crippen MR) is 81.9 cm³/mol. The van der Waals surface area contributed by atoms with E-state index in [2.05, 4.69) is 12.6 Å². The highest BCUT2D eigenvalue weighted by atomic mass is 32.1. The second-order valence-electron chi connectivity index (χ2n) is 4.77. The van der Waals surface area contributed by atoms with Gasteiger partial charge in [-0.3, -0.25) is 9.59 Å². The number of carbonyl (C=O) groups excluding carboxylic acids is 2. The molecule has 1 rings (SSSR count). The van der Waals surface area contributed by atoms with Crippen LogP contribution in [0.3, 0.4) is 0 Å². The topological polar surface area (TPSA) is 112 Å². The Morgan fingerprint density at radius 3 is 2.10 bits per heavy atom. The molecule has 0 saturated heterocycles. The number of carbonyl (C=O) groups is 2. The molecule has 20 heavy (non-hydrogen) atoms. The first kappa shape index (κ1) is 16.5. The van der Waals surface area contributed by atoms with Crippen LogP contribution in [-0.2, 0) is 9.59 Å². The van der Waals surface area contributed by atoms with E-state index in [0.717, 1.165) is 6.42 Å². The summed E-state index contributed by atoms with van der Waals surface area (Å²) in [5, 5.41) is 0. The number of rotatable bonds is 8. The van der Waals surface area contributed by atoms with Crippen molar-refractivity contribution in [2.24, 2.45) is 22.6 Å². The summed E-state index contributed by atoms with van der Waals surface area (Å²) < 4.78 is 0. The zero-order valence-corrected chi connectivity index (χ0v) is 12.2. The summed E-state index contributed by atoms with van der Waals surface area (Å²) in [7, 11) is 0. The van der Waals surface area contributed by atoms with Gasteiger partial charge in [0, 0.05) is 0 Å². The minimum Gasteiger partial charge on any atom is -0.369 e. The van der Waals surface area contributed by atoms with Gasteiger partial charge in [0.05, 0.1) is 6.04 Å². The Morgan fingerprint density at radius 2 is 1.65 bits per heavy atom. The first-order chi connectivity index (χ1) is 9.46. The Labute approximate surface area is 124 Å². The summed E-state index contributed by atoms with van der Waals surface area (Å²) in [6.45, 7) is 0. The normalized spacial score (nSPS) is 12.9. The Bertz CT molecular complexity index is 451. The van der Waals surface area contributed by atoms with E-state index in [1.807, 2.05) is 6.07 Å². The highest BCUT2D eigenvalue weighted by Gasteiger charge is 2.48. The number of amides is 2. The Balaban J connectivity index is 3.14. The zero-order valence-electron chi connectivity index (χ0n) is 11.3. The molecule has 1 aromatic rings. The molecular formula is C14H21N3O2S. The molecule has 0 heterocycles. The molecule has 0 aliphatic carbocycles. The molecule has 2 amide bonds. The number of unbranched alkanes of at least 4 members (excludes halogenated alkanes) is 1. The van der Waals surface area contributed by atoms with Gasteiger partial charge in [-0.2, -0.15) is 12.6 Å². The fraction of sp³-hybridized carbons (Fsp3) is 0.429. The van der Waals surface area contributed by atoms with Gasteiger partial charge in [-0.1, -0.05) is 36.8 Å². The Hall–Kier alpha value is -1.53. The Kier molecular flexibility index (Phi) is 6.04. The second kappa shape index (κ2) is 7.31. The van der Waals surface area contributed by atoms with Crippen molar-refractivity contribution in [2.75, 3.05) is 5.75 Å². The number of nitrogens with two attached hydrogens (primary N) is 3. The molecule has 0 aromatic heterocycles. The third-order valence-corrected chi connectivity index (χ3v) is 3.86. The lowest BCUT2D eigenvalue weighted by Gasteiger charge is -2.33. The van der Waals surface area contributed by atoms with Crippen LogP contribution in [0.5, 0.6) is 0 Å². The monoisotopic (exact) mass is 295 g/mol. The zero-order chi connectivity index (χ0) is 15.2. The van der Waals surface area contributed by atoms with Crippen LogP contribution >= 0.6 is 12.6 Å². The van der Waals surface area contributed by atoms with Crippen molar-refractivity contribution in [3.05, 3.63) is 35.9 Å². The van der Waals surface area contributed by atoms with Gasteiger partial charge in [0.25, 0.3) is 0 Å². The number of benzene rings is 1. The smallest absolute Gasteiger partial charge is 0.235 e. The molecule has 1 unspecified atom stereocenters. The summed E-state index contributed by atoms with van der Waals surface area (Å²) in [5.74, 6) is -0.894. The van der Waals surface area contributed by atoms with Gasteiger partial charge < -0.3 is 17.2 Å². The molecular weight excluding hydrogens is 274 g/mol. The lowest BCUT2D eigenvalue weighted by atomic mass is 9.72. The van der Waals surface area contributed by atoms with E-state index in [9.17, 15) is 9.59 Å². The van der Waals surface area contributed by atoms with Crippen LogP contribution in [0.1, 0.15) is 30.9 Å². The van der Waals surface area contributed by atoms with Crippen LogP contribution in [0.2, 0.25) is 0 Å². The van der Waals surface area contributed by atoms with E-state index in [4.69, 9.17) is 17.2 Å². The van der Waals surface area contributed by atoms with E-state index < -0.39 is 23.3 Å². The lowest BCUT2D eigenvalue weighted by molar-refractivity contribution is -0.142. The Morgan fingerprint density at radius 1 is 1.10 bits per heavy atom. The first-order valence-corrected chi connectivity index (χ1v) is 7.11. The average molecular weight is 295 g/mol. The molecule has 1 atom stereocenters. The van der Waals surface area contributed by atoms with Crippen molar-refractivity contribution in [3.63, 3.8) is 0 Å². The van der Waals surface area contributed by atoms with E-state index >= 15 is 0 Å². The van der Waals surface area contributed by atoms with Crippen molar-refractivity contribution in [1.82, 2.24) is 0 Å². The van der Waals surface area contributed by atoms with Crippen LogP contribution in [0.25, 0.3) is 0 Å². The minimum atomic E-state index is -1.57. The SMILES string of the molecule is NC(=O)C(CCCCS)(C(N)=O)C(N)c1ccccc1. The largest absolute Gasteiger partial charge is 0.369 e. The molecule has 0 aliphatic rings. The standard InChI is InChI=1S/C14H21N3O2S/c15-11(10-6-2-1-3-7-10)14(12(16)18,13(17)19)8-4-5-9-20/h1-3,6-7,11,20H,4-5,8-9,15H2,(H2,16,18)(H2,17,19). The van der Waals surface area contributed by atoms with Crippen molar-refractivity contribution < 1.29 is 9.59 Å². The summed E-state index contributed by atoms with van der Waals surface area (Å²) in [6.07, 6.45) is 1.59. The van der Waals surface area contributed by atoms with Crippen LogP contribution in [0.4, 0.5) is 0 Å². The maximum absolute atomic E-state index is 11.9. The fourth-order valence-corrected chi connectivity index (χ4v) is 2.51. The molecule has 110 valence electrons. The van der Waals surface area contributed by atoms with Crippen molar-refractivity contribution in [2.45, 2.75) is 25.3 Å². The third kappa shape index (κ3) is 3.32. The quantitative estimate of drug-likeness (QED) is 0.322. The van der Waals surface area contributed by atoms with Gasteiger partial charge in [0.1, 0.15) is 5.41 Å². The summed E-state index contributed by atoms with van der Waals surface area (Å²) >= 11 is 4.11. The summed E-state index contributed by atoms with van der Waals surface area (Å²) in [6, 6.07) is 8.06. The molecule has 0 fully saturated rings. The molecule has 0 spiro atoms. The van der Waals surface area contributed by atoms with Crippen LogP contribution in [0.15, 0.2) is 30.3 Å². The molecule has 0 saturated carbocycles. The van der Waals surface area contributed by atoms with Gasteiger partial charge in [-0.25, -0.2) is 0 Å². The van der Waals surface area contributed by atoms with Gasteiger partial charge in [0.15, 0.2) is 0 Å². The molecule has 1 aromatic carbocycles. The van der Waals surface area contributed by atoms with Crippen molar-refractivity contribution in [1.29, 1.82) is 0 Å². The summed E-state index contributed by atoms with van der Waals surface area (Å²) in [4.78, 5) is 23.8. The highest BCUT2D eigenvalue weighted by molar-refractivity contribution is 7.80. The van der Waals surface area contributed by atoms with E-state index in [-0.39, 0.29) is 6.42 Å². The predicted octanol–water partition coefficient (Wildman–Crippen LogP) is 0.744. The number of primary amides is 2. The average Bonchev–Trinajstić information content (AvgIpc) is 2.43. The number of hydrogen-bond acceptors (Lipinski definition) is 4. The van der Waals surface area contributed by atoms with Crippen molar-refractivity contribution >= 4 is 24.4 Å². The van der Waals surface area contributed by atoms with E-state index in [1.165, 1.54) is 0 Å². The van der Waals surface area contributed by atoms with Gasteiger partial charge in [-0.05, 0) is 24.2 Å². The van der Waals surface area contributed by atoms with Crippen LogP contribution in [0, 0.1) is 5.41 Å². The molecule has 6 heteroatoms. The molecule has 5 nitrogen and oxygen atoms in total. The lowest BCUT2D eigenvalue weighted by Crippen LogP contribution is -2.54. The minimum absolute atomic E-state index is 0.230. The highest BCUT2D eigenvalue weighted by Crippen LogP contribution is 2.36. The third-order valence-electron chi connectivity index (χ3n) is 3.55. The molecule has 6 N–H and O–H groups in total. The number of hydrogen-bond donors (Lipinski definition) is 4. The van der Waals surface area contributed by atoms with Crippen LogP contribution in [-0.4, -0.2) is 17.6 Å². The van der Waals surface area contributed by atoms with E-state index in [1.54, 1.807) is 24.3 Å². The maximum Gasteiger partial charge on any atom is 0.235 e. The maximum atomic E-state index is 11.9. The molecule has 0 radical (unpaired) electrons. The molecule has 0 bridgehead atoms. The van der Waals surface area contributed by atoms with Gasteiger partial charge >= 0.3 is 0 Å². The van der Waals surface area contributed by atoms with Crippen molar-refractivity contribution in [3.8, 4) is 0 Å². The van der Waals surface area contributed by atoms with Crippen LogP contribution < -0.4 is 17.2 Å². The summed E-state index contributed by atoms with van der Waals surface area (Å²) in [5.41, 5.74) is 16.1. The van der Waals surface area contributed by atoms with Gasteiger partial charge in [0.2, 0.25) is 11.8 Å². The fourth-order valence-electron chi connectivity index (χ4n) is 2.29.